The molecule has 3 aromatic carbocycles. The molecule has 1 aliphatic rings. The van der Waals surface area contributed by atoms with Gasteiger partial charge in [-0.05, 0) is 79.1 Å². The van der Waals surface area contributed by atoms with E-state index in [4.69, 9.17) is 4.74 Å². The van der Waals surface area contributed by atoms with Gasteiger partial charge in [-0.15, -0.1) is 0 Å². The third-order valence-electron chi connectivity index (χ3n) is 6.01. The molecule has 2 N–H and O–H groups in total. The molecule has 1 fully saturated rings. The number of aliphatic hydroxyl groups is 1. The summed E-state index contributed by atoms with van der Waals surface area (Å²) >= 11 is 0. The van der Waals surface area contributed by atoms with Crippen LogP contribution in [0.25, 0.3) is 5.76 Å². The zero-order valence-corrected chi connectivity index (χ0v) is 20.0. The van der Waals surface area contributed by atoms with Crippen LogP contribution in [0, 0.1) is 6.92 Å². The van der Waals surface area contributed by atoms with Crippen LogP contribution >= 0.6 is 0 Å². The van der Waals surface area contributed by atoms with Gasteiger partial charge in [0.25, 0.3) is 11.7 Å². The van der Waals surface area contributed by atoms with Crippen LogP contribution < -0.4 is 9.64 Å². The van der Waals surface area contributed by atoms with Crippen molar-refractivity contribution >= 4 is 23.1 Å². The number of aromatic hydroxyl groups is 1. The molecule has 6 nitrogen and oxygen atoms in total. The number of amides is 1. The first kappa shape index (κ1) is 25.8. The molecule has 4 rings (SSSR count). The van der Waals surface area contributed by atoms with Crippen LogP contribution in [0.1, 0.15) is 41.6 Å². The Hall–Kier alpha value is -4.27. The summed E-state index contributed by atoms with van der Waals surface area (Å²) in [5.41, 5.74) is 0.113. The Morgan fingerprint density at radius 2 is 1.73 bits per heavy atom. The molecule has 3 aromatic rings. The van der Waals surface area contributed by atoms with Crippen molar-refractivity contribution < 1.29 is 37.7 Å². The molecule has 0 spiro atoms. The summed E-state index contributed by atoms with van der Waals surface area (Å²) in [6, 6.07) is 13.2. The van der Waals surface area contributed by atoms with Crippen molar-refractivity contribution in [2.45, 2.75) is 32.5 Å². The highest BCUT2D eigenvalue weighted by atomic mass is 19.4. The quantitative estimate of drug-likeness (QED) is 0.236. The van der Waals surface area contributed by atoms with Crippen molar-refractivity contribution in [2.75, 3.05) is 11.5 Å². The van der Waals surface area contributed by atoms with Crippen molar-refractivity contribution in [1.29, 1.82) is 0 Å². The Balaban J connectivity index is 1.86. The van der Waals surface area contributed by atoms with E-state index in [1.54, 1.807) is 31.2 Å². The lowest BCUT2D eigenvalue weighted by Crippen LogP contribution is -2.29. The number of nitrogens with zero attached hydrogens (tertiary/aromatic N) is 1. The van der Waals surface area contributed by atoms with Crippen molar-refractivity contribution in [1.82, 2.24) is 0 Å². The number of anilines is 1. The fourth-order valence-electron chi connectivity index (χ4n) is 4.25. The first-order valence-electron chi connectivity index (χ1n) is 11.5. The van der Waals surface area contributed by atoms with Gasteiger partial charge in [0.05, 0.1) is 23.8 Å². The largest absolute Gasteiger partial charge is 0.508 e. The molecule has 0 aliphatic carbocycles. The van der Waals surface area contributed by atoms with Crippen LogP contribution in [0.15, 0.2) is 72.3 Å². The van der Waals surface area contributed by atoms with E-state index in [2.05, 4.69) is 0 Å². The minimum Gasteiger partial charge on any atom is -0.508 e. The standard InChI is InChI=1S/C28H24F3NO5/c1-3-13-37-22-12-7-18(14-16(22)2)25(34)23-24(17-5-4-6-21(33)15-17)32(27(36)26(23)35)20-10-8-19(9-11-20)28(29,30)31/h4-12,14-15,24,33-34H,3,13H2,1-2H3/b25-23-. The summed E-state index contributed by atoms with van der Waals surface area (Å²) in [7, 11) is 0. The molecule has 0 bridgehead atoms. The summed E-state index contributed by atoms with van der Waals surface area (Å²) < 4.78 is 44.9. The Morgan fingerprint density at radius 3 is 2.32 bits per heavy atom. The number of carbonyl (C=O) groups is 2. The van der Waals surface area contributed by atoms with Gasteiger partial charge in [-0.25, -0.2) is 0 Å². The summed E-state index contributed by atoms with van der Waals surface area (Å²) in [6.07, 6.45) is -3.78. The lowest BCUT2D eigenvalue weighted by Gasteiger charge is -2.26. The van der Waals surface area contributed by atoms with E-state index < -0.39 is 35.2 Å². The highest BCUT2D eigenvalue weighted by Crippen LogP contribution is 2.43. The van der Waals surface area contributed by atoms with Crippen LogP contribution in [0.4, 0.5) is 18.9 Å². The van der Waals surface area contributed by atoms with E-state index in [-0.39, 0.29) is 22.6 Å². The van der Waals surface area contributed by atoms with Crippen LogP contribution in [0.5, 0.6) is 11.5 Å². The number of aliphatic hydroxyl groups excluding tert-OH is 1. The number of hydrogen-bond acceptors (Lipinski definition) is 5. The number of phenols is 1. The molecule has 37 heavy (non-hydrogen) atoms. The Morgan fingerprint density at radius 1 is 1.03 bits per heavy atom. The monoisotopic (exact) mass is 511 g/mol. The molecule has 1 amide bonds. The van der Waals surface area contributed by atoms with Gasteiger partial charge in [-0.2, -0.15) is 13.2 Å². The fraction of sp³-hybridized carbons (Fsp3) is 0.214. The van der Waals surface area contributed by atoms with Gasteiger partial charge in [0, 0.05) is 11.3 Å². The van der Waals surface area contributed by atoms with Crippen LogP contribution in [-0.4, -0.2) is 28.5 Å². The average molecular weight is 511 g/mol. The summed E-state index contributed by atoms with van der Waals surface area (Å²) in [6.45, 7) is 4.24. The van der Waals surface area contributed by atoms with E-state index in [0.717, 1.165) is 35.6 Å². The second-order valence-electron chi connectivity index (χ2n) is 8.64. The van der Waals surface area contributed by atoms with E-state index in [1.165, 1.54) is 18.2 Å². The molecule has 0 saturated carbocycles. The third kappa shape index (κ3) is 5.02. The molecule has 0 aromatic heterocycles. The molecule has 0 radical (unpaired) electrons. The normalized spacial score (nSPS) is 17.3. The summed E-state index contributed by atoms with van der Waals surface area (Å²) in [5.74, 6) is -2.02. The van der Waals surface area contributed by atoms with Gasteiger partial charge in [-0.3, -0.25) is 14.5 Å². The lowest BCUT2D eigenvalue weighted by molar-refractivity contribution is -0.137. The van der Waals surface area contributed by atoms with E-state index in [0.29, 0.717) is 23.5 Å². The predicted molar refractivity (Wildman–Crippen MR) is 131 cm³/mol. The Labute approximate surface area is 211 Å². The third-order valence-corrected chi connectivity index (χ3v) is 6.01. The maximum absolute atomic E-state index is 13.2. The average Bonchev–Trinajstić information content (AvgIpc) is 3.12. The van der Waals surface area contributed by atoms with E-state index in [9.17, 15) is 33.0 Å². The molecule has 9 heteroatoms. The number of phenolic OH excluding ortho intramolecular Hbond substituents is 1. The first-order chi connectivity index (χ1) is 17.5. The fourth-order valence-corrected chi connectivity index (χ4v) is 4.25. The molecule has 1 aliphatic heterocycles. The zero-order valence-electron chi connectivity index (χ0n) is 20.0. The smallest absolute Gasteiger partial charge is 0.416 e. The molecule has 192 valence electrons. The number of hydrogen-bond donors (Lipinski definition) is 2. The minimum absolute atomic E-state index is 0.0296. The number of rotatable bonds is 6. The topological polar surface area (TPSA) is 87.1 Å². The Kier molecular flexibility index (Phi) is 6.98. The molecule has 1 saturated heterocycles. The number of alkyl halides is 3. The summed E-state index contributed by atoms with van der Waals surface area (Å²) in [5, 5.41) is 21.3. The number of aryl methyl sites for hydroxylation is 1. The second kappa shape index (κ2) is 10.0. The van der Waals surface area contributed by atoms with Gasteiger partial charge < -0.3 is 14.9 Å². The van der Waals surface area contributed by atoms with E-state index >= 15 is 0 Å². The molecule has 1 heterocycles. The maximum atomic E-state index is 13.2. The summed E-state index contributed by atoms with van der Waals surface area (Å²) in [4.78, 5) is 27.4. The number of ketones is 1. The molecule has 1 atom stereocenters. The zero-order chi connectivity index (χ0) is 26.9. The Bertz CT molecular complexity index is 1380. The minimum atomic E-state index is -4.58. The van der Waals surface area contributed by atoms with Crippen molar-refractivity contribution in [2.24, 2.45) is 0 Å². The molecular weight excluding hydrogens is 487 g/mol. The van der Waals surface area contributed by atoms with Gasteiger partial charge in [0.1, 0.15) is 17.3 Å². The van der Waals surface area contributed by atoms with Gasteiger partial charge in [0.15, 0.2) is 0 Å². The van der Waals surface area contributed by atoms with Crippen molar-refractivity contribution in [3.8, 4) is 11.5 Å². The van der Waals surface area contributed by atoms with Gasteiger partial charge in [0.2, 0.25) is 0 Å². The lowest BCUT2D eigenvalue weighted by atomic mass is 9.94. The first-order valence-corrected chi connectivity index (χ1v) is 11.5. The highest BCUT2D eigenvalue weighted by Gasteiger charge is 2.47. The van der Waals surface area contributed by atoms with Gasteiger partial charge >= 0.3 is 6.18 Å². The second-order valence-corrected chi connectivity index (χ2v) is 8.64. The number of benzene rings is 3. The maximum Gasteiger partial charge on any atom is 0.416 e. The molecule has 1 unspecified atom stereocenters. The SMILES string of the molecule is CCCOc1ccc(/C(O)=C2/C(=O)C(=O)N(c3ccc(C(F)(F)F)cc3)C2c2cccc(O)c2)cc1C. The van der Waals surface area contributed by atoms with Gasteiger partial charge in [-0.1, -0.05) is 19.1 Å². The van der Waals surface area contributed by atoms with Crippen LogP contribution in [0.3, 0.4) is 0 Å². The number of carbonyl (C=O) groups excluding carboxylic acids is 2. The number of Topliss-reactive ketones (excluding diaryl/α,β-unsaturated/α-hetero) is 1. The highest BCUT2D eigenvalue weighted by molar-refractivity contribution is 6.51. The van der Waals surface area contributed by atoms with Crippen LogP contribution in [-0.2, 0) is 15.8 Å². The van der Waals surface area contributed by atoms with Crippen molar-refractivity contribution in [3.05, 3.63) is 94.6 Å². The predicted octanol–water partition coefficient (Wildman–Crippen LogP) is 6.13. The molecular formula is C28H24F3NO5. The van der Waals surface area contributed by atoms with Crippen LogP contribution in [0.2, 0.25) is 0 Å². The van der Waals surface area contributed by atoms with Crippen molar-refractivity contribution in [3.63, 3.8) is 0 Å². The number of ether oxygens (including phenoxy) is 1. The van der Waals surface area contributed by atoms with E-state index in [1.807, 2.05) is 6.92 Å². The number of halogens is 3.